The Morgan fingerprint density at radius 1 is 1.43 bits per heavy atom. The first-order chi connectivity index (χ1) is 6.74. The summed E-state index contributed by atoms with van der Waals surface area (Å²) in [6.07, 6.45) is 3.21. The minimum atomic E-state index is 0.731. The highest BCUT2D eigenvalue weighted by atomic mass is 15.1. The molecule has 72 valence electrons. The van der Waals surface area contributed by atoms with E-state index in [0.29, 0.717) is 0 Å². The van der Waals surface area contributed by atoms with Crippen LogP contribution in [0.25, 0.3) is 16.9 Å². The topological polar surface area (TPSA) is 55.6 Å². The molecular weight excluding hydrogens is 178 g/mol. The van der Waals surface area contributed by atoms with Crippen molar-refractivity contribution >= 4 is 22.7 Å². The van der Waals surface area contributed by atoms with Crippen molar-refractivity contribution in [1.82, 2.24) is 19.5 Å². The monoisotopic (exact) mass is 189 g/mol. The van der Waals surface area contributed by atoms with E-state index in [2.05, 4.69) is 26.8 Å². The van der Waals surface area contributed by atoms with Gasteiger partial charge in [-0.3, -0.25) is 4.57 Å². The van der Waals surface area contributed by atoms with Gasteiger partial charge in [0.1, 0.15) is 12.7 Å². The van der Waals surface area contributed by atoms with E-state index in [1.54, 1.807) is 6.33 Å². The fourth-order valence-electron chi connectivity index (χ4n) is 1.30. The van der Waals surface area contributed by atoms with E-state index in [0.717, 1.165) is 22.7 Å². The third-order valence-corrected chi connectivity index (χ3v) is 1.98. The molecule has 2 aromatic rings. The molecule has 2 rings (SSSR count). The maximum atomic E-state index is 4.23. The van der Waals surface area contributed by atoms with Crippen LogP contribution in [0, 0.1) is 0 Å². The molecule has 14 heavy (non-hydrogen) atoms. The number of imidazole rings is 1. The molecule has 0 aliphatic rings. The molecule has 0 atom stereocenters. The molecule has 0 aromatic carbocycles. The van der Waals surface area contributed by atoms with Crippen molar-refractivity contribution in [3.05, 3.63) is 19.2 Å². The second-order valence-electron chi connectivity index (χ2n) is 2.99. The van der Waals surface area contributed by atoms with Gasteiger partial charge < -0.3 is 5.32 Å². The van der Waals surface area contributed by atoms with E-state index in [4.69, 9.17) is 0 Å². The van der Waals surface area contributed by atoms with Crippen LogP contribution in [-0.2, 0) is 0 Å². The van der Waals surface area contributed by atoms with E-state index in [1.807, 2.05) is 18.5 Å². The predicted octanol–water partition coefficient (Wildman–Crippen LogP) is 1.36. The van der Waals surface area contributed by atoms with Crippen molar-refractivity contribution in [3.8, 4) is 0 Å². The summed E-state index contributed by atoms with van der Waals surface area (Å²) in [4.78, 5) is 12.5. The van der Waals surface area contributed by atoms with E-state index < -0.39 is 0 Å². The molecule has 0 bridgehead atoms. The van der Waals surface area contributed by atoms with Crippen molar-refractivity contribution in [2.45, 2.75) is 6.92 Å². The Kier molecular flexibility index (Phi) is 1.92. The zero-order chi connectivity index (χ0) is 10.1. The van der Waals surface area contributed by atoms with Crippen molar-refractivity contribution in [2.75, 3.05) is 12.4 Å². The van der Waals surface area contributed by atoms with E-state index in [1.165, 1.54) is 6.33 Å². The van der Waals surface area contributed by atoms with Gasteiger partial charge in [-0.05, 0) is 6.92 Å². The molecule has 0 unspecified atom stereocenters. The molecule has 0 fully saturated rings. The summed E-state index contributed by atoms with van der Waals surface area (Å²) >= 11 is 0. The summed E-state index contributed by atoms with van der Waals surface area (Å²) in [6, 6.07) is 0. The number of fused-ring (bicyclic) bond motifs is 1. The van der Waals surface area contributed by atoms with Gasteiger partial charge in [0.05, 0.1) is 0 Å². The van der Waals surface area contributed by atoms with Gasteiger partial charge in [-0.15, -0.1) is 0 Å². The van der Waals surface area contributed by atoms with Crippen LogP contribution in [-0.4, -0.2) is 26.6 Å². The van der Waals surface area contributed by atoms with E-state index in [-0.39, 0.29) is 0 Å². The second-order valence-corrected chi connectivity index (χ2v) is 2.99. The highest BCUT2D eigenvalue weighted by Gasteiger charge is 2.08. The lowest BCUT2D eigenvalue weighted by Gasteiger charge is -2.01. The minimum absolute atomic E-state index is 0.731. The molecule has 5 heteroatoms. The lowest BCUT2D eigenvalue weighted by molar-refractivity contribution is 1.08. The van der Waals surface area contributed by atoms with E-state index in [9.17, 15) is 0 Å². The van der Waals surface area contributed by atoms with Crippen molar-refractivity contribution < 1.29 is 0 Å². The van der Waals surface area contributed by atoms with Crippen LogP contribution in [0.3, 0.4) is 0 Å². The number of hydrogen-bond acceptors (Lipinski definition) is 4. The largest absolute Gasteiger partial charge is 0.371 e. The van der Waals surface area contributed by atoms with Gasteiger partial charge >= 0.3 is 0 Å². The molecule has 0 aliphatic heterocycles. The molecule has 0 aliphatic carbocycles. The molecule has 0 radical (unpaired) electrons. The normalized spacial score (nSPS) is 10.4. The Morgan fingerprint density at radius 2 is 2.21 bits per heavy atom. The third kappa shape index (κ3) is 1.14. The van der Waals surface area contributed by atoms with Gasteiger partial charge in [0.25, 0.3) is 0 Å². The fraction of sp³-hybridized carbons (Fsp3) is 0.222. The highest BCUT2D eigenvalue weighted by molar-refractivity contribution is 5.84. The van der Waals surface area contributed by atoms with Crippen LogP contribution in [0.4, 0.5) is 5.82 Å². The first kappa shape index (κ1) is 8.68. The van der Waals surface area contributed by atoms with Gasteiger partial charge in [-0.2, -0.15) is 0 Å². The van der Waals surface area contributed by atoms with Gasteiger partial charge in [0, 0.05) is 12.7 Å². The maximum absolute atomic E-state index is 4.23. The molecule has 0 spiro atoms. The van der Waals surface area contributed by atoms with Gasteiger partial charge in [0.2, 0.25) is 0 Å². The zero-order valence-electron chi connectivity index (χ0n) is 8.15. The number of allylic oxidation sites excluding steroid dienone is 1. The minimum Gasteiger partial charge on any atom is -0.371 e. The average molecular weight is 189 g/mol. The third-order valence-electron chi connectivity index (χ3n) is 1.98. The Balaban J connectivity index is 2.75. The second kappa shape index (κ2) is 3.10. The Morgan fingerprint density at radius 3 is 2.86 bits per heavy atom. The summed E-state index contributed by atoms with van der Waals surface area (Å²) in [7, 11) is 1.81. The van der Waals surface area contributed by atoms with E-state index >= 15 is 0 Å². The number of nitrogens with zero attached hydrogens (tertiary/aromatic N) is 4. The number of aromatic nitrogens is 4. The van der Waals surface area contributed by atoms with Crippen LogP contribution in [0.5, 0.6) is 0 Å². The molecular formula is C9H11N5. The Bertz CT molecular complexity index is 485. The number of anilines is 1. The summed E-state index contributed by atoms with van der Waals surface area (Å²) in [5.41, 5.74) is 2.42. The van der Waals surface area contributed by atoms with Gasteiger partial charge in [0.15, 0.2) is 17.0 Å². The fourth-order valence-corrected chi connectivity index (χ4v) is 1.30. The molecule has 2 heterocycles. The standard InChI is InChI=1S/C9H11N5/c1-6(2)14-5-13-7-8(10-3)11-4-12-9(7)14/h4-5H,1H2,2-3H3,(H,10,11,12). The number of nitrogens with one attached hydrogen (secondary N) is 1. The van der Waals surface area contributed by atoms with Crippen LogP contribution in [0.1, 0.15) is 6.92 Å². The van der Waals surface area contributed by atoms with Gasteiger partial charge in [-0.1, -0.05) is 6.58 Å². The lowest BCUT2D eigenvalue weighted by Crippen LogP contribution is -1.96. The SMILES string of the molecule is C=C(C)n1cnc2c(NC)ncnc21. The van der Waals surface area contributed by atoms with Gasteiger partial charge in [-0.25, -0.2) is 15.0 Å². The van der Waals surface area contributed by atoms with Crippen LogP contribution in [0.2, 0.25) is 0 Å². The summed E-state index contributed by atoms with van der Waals surface area (Å²) in [5, 5.41) is 2.97. The molecule has 0 amide bonds. The number of rotatable bonds is 2. The first-order valence-electron chi connectivity index (χ1n) is 4.25. The van der Waals surface area contributed by atoms with Crippen molar-refractivity contribution in [1.29, 1.82) is 0 Å². The smallest absolute Gasteiger partial charge is 0.169 e. The Hall–Kier alpha value is -1.91. The zero-order valence-corrected chi connectivity index (χ0v) is 8.15. The summed E-state index contributed by atoms with van der Waals surface area (Å²) in [5.74, 6) is 0.731. The predicted molar refractivity (Wildman–Crippen MR) is 55.9 cm³/mol. The average Bonchev–Trinajstić information content (AvgIpc) is 2.60. The van der Waals surface area contributed by atoms with Crippen molar-refractivity contribution in [3.63, 3.8) is 0 Å². The molecule has 1 N–H and O–H groups in total. The molecule has 0 saturated carbocycles. The van der Waals surface area contributed by atoms with Crippen LogP contribution < -0.4 is 5.32 Å². The maximum Gasteiger partial charge on any atom is 0.169 e. The molecule has 2 aromatic heterocycles. The highest BCUT2D eigenvalue weighted by Crippen LogP contribution is 2.18. The van der Waals surface area contributed by atoms with Crippen molar-refractivity contribution in [2.24, 2.45) is 0 Å². The lowest BCUT2D eigenvalue weighted by atomic mass is 10.4. The summed E-state index contributed by atoms with van der Waals surface area (Å²) < 4.78 is 1.83. The quantitative estimate of drug-likeness (QED) is 0.775. The summed E-state index contributed by atoms with van der Waals surface area (Å²) in [6.45, 7) is 5.75. The van der Waals surface area contributed by atoms with Crippen LogP contribution >= 0.6 is 0 Å². The molecule has 0 saturated heterocycles. The first-order valence-corrected chi connectivity index (χ1v) is 4.25. The number of hydrogen-bond donors (Lipinski definition) is 1. The van der Waals surface area contributed by atoms with Crippen LogP contribution in [0.15, 0.2) is 19.2 Å². The Labute approximate surface area is 81.5 Å². The molecule has 5 nitrogen and oxygen atoms in total.